The third kappa shape index (κ3) is 11.1. The highest BCUT2D eigenvalue weighted by Gasteiger charge is 2.29. The van der Waals surface area contributed by atoms with Crippen molar-refractivity contribution >= 4 is 45.8 Å². The van der Waals surface area contributed by atoms with Gasteiger partial charge >= 0.3 is 11.9 Å². The van der Waals surface area contributed by atoms with Crippen LogP contribution in [-0.4, -0.2) is 88.8 Å². The summed E-state index contributed by atoms with van der Waals surface area (Å²) in [5.74, 6) is -1.56. The van der Waals surface area contributed by atoms with Gasteiger partial charge in [0, 0.05) is 62.2 Å². The van der Waals surface area contributed by atoms with Gasteiger partial charge in [-0.2, -0.15) is 0 Å². The van der Waals surface area contributed by atoms with Crippen molar-refractivity contribution in [2.45, 2.75) is 140 Å². The lowest BCUT2D eigenvalue weighted by Gasteiger charge is -2.30. The van der Waals surface area contributed by atoms with Crippen LogP contribution in [0, 0.1) is 55.4 Å². The van der Waals surface area contributed by atoms with Crippen LogP contribution in [0.2, 0.25) is 0 Å². The van der Waals surface area contributed by atoms with E-state index in [-0.39, 0.29) is 49.9 Å². The van der Waals surface area contributed by atoms with Gasteiger partial charge in [0.05, 0.1) is 31.0 Å². The molecule has 1 N–H and O–H groups in total. The molecular weight excluding hydrogens is 977 g/mol. The summed E-state index contributed by atoms with van der Waals surface area (Å²) >= 11 is 0. The van der Waals surface area contributed by atoms with Crippen LogP contribution in [0.15, 0.2) is 84.9 Å². The normalized spacial score (nSPS) is 13.7. The summed E-state index contributed by atoms with van der Waals surface area (Å²) in [7, 11) is 1.42. The fourth-order valence-electron chi connectivity index (χ4n) is 11.4. The topological polar surface area (TPSA) is 166 Å². The Morgan fingerprint density at radius 2 is 0.936 bits per heavy atom. The van der Waals surface area contributed by atoms with Crippen LogP contribution >= 0.6 is 0 Å². The quantitative estimate of drug-likeness (QED) is 0.116. The Bertz CT molecular complexity index is 3580. The fourth-order valence-corrected chi connectivity index (χ4v) is 11.4. The molecule has 2 aromatic heterocycles. The largest absolute Gasteiger partial charge is 0.481 e. The van der Waals surface area contributed by atoms with E-state index < -0.39 is 5.97 Å². The number of carboxylic acids is 1. The standard InChI is InChI=1S/C32H36N4O3.C31H34N4O3.CH4/c1-7-36-29-11-10-27(22(5)31(29)33-34-36)28(17-30(37)39-6)24-9-8-23-12-13-35(18-26(23)16-24)32(38)25-14-19(2)21(4)20(3)15-25;1-6-35-28-10-9-26(21(5)30(28)32-33-35)27(16-29(36)37)23-8-7-22-11-12-34(17-25(22)15-23)31(38)24-13-18(2)20(4)19(3)14-24;/h8-11,14-16,28H,7,12-13,17-18H2,1-6H3;7-10,13-15,27H,6,11-12,16-17H2,1-5H3,(H,36,37);1H4/t28-;27-;/m00./s1. The van der Waals surface area contributed by atoms with Gasteiger partial charge in [-0.1, -0.05) is 66.4 Å². The van der Waals surface area contributed by atoms with E-state index in [1.807, 2.05) is 109 Å². The van der Waals surface area contributed by atoms with Crippen molar-refractivity contribution in [2.24, 2.45) is 0 Å². The molecule has 8 aromatic rings. The molecule has 0 unspecified atom stereocenters. The number of hydrogen-bond acceptors (Lipinski definition) is 9. The Kier molecular flexibility index (Phi) is 16.8. The molecule has 2 aliphatic rings. The van der Waals surface area contributed by atoms with E-state index in [1.165, 1.54) is 29.4 Å². The van der Waals surface area contributed by atoms with Gasteiger partial charge in [0.15, 0.2) is 0 Å². The minimum Gasteiger partial charge on any atom is -0.481 e. The highest BCUT2D eigenvalue weighted by Crippen LogP contribution is 2.38. The van der Waals surface area contributed by atoms with Gasteiger partial charge in [0.1, 0.15) is 11.0 Å². The van der Waals surface area contributed by atoms with Gasteiger partial charge in [0.2, 0.25) is 0 Å². The van der Waals surface area contributed by atoms with Crippen molar-refractivity contribution in [3.63, 3.8) is 0 Å². The first-order chi connectivity index (χ1) is 36.9. The molecule has 4 heterocycles. The lowest BCUT2D eigenvalue weighted by atomic mass is 9.83. The molecule has 0 aliphatic carbocycles. The summed E-state index contributed by atoms with van der Waals surface area (Å²) in [5, 5.41) is 27.1. The lowest BCUT2D eigenvalue weighted by molar-refractivity contribution is -0.141. The predicted molar refractivity (Wildman–Crippen MR) is 306 cm³/mol. The molecule has 0 saturated heterocycles. The SMILES string of the molecule is C.CCn1nnc2c(C)c([C@@H](CC(=O)O)c3ccc4c(c3)CN(C(=O)c3cc(C)c(C)c(C)c3)CC4)ccc21.CCn1nnc2c(C)c([C@@H](CC(=O)OC)c3ccc4c(c3)CN(C(=O)c3cc(C)c(C)c(C)c3)CC4)ccc21. The number of aliphatic carboxylic acids is 1. The highest BCUT2D eigenvalue weighted by atomic mass is 16.5. The number of aromatic nitrogens is 6. The Morgan fingerprint density at radius 1 is 0.538 bits per heavy atom. The zero-order valence-corrected chi connectivity index (χ0v) is 46.4. The van der Waals surface area contributed by atoms with Crippen molar-refractivity contribution in [3.8, 4) is 0 Å². The number of nitrogens with zero attached hydrogens (tertiary/aromatic N) is 8. The van der Waals surface area contributed by atoms with E-state index >= 15 is 0 Å². The third-order valence-electron chi connectivity index (χ3n) is 16.5. The van der Waals surface area contributed by atoms with E-state index in [1.54, 1.807) is 0 Å². The van der Waals surface area contributed by atoms with Crippen molar-refractivity contribution in [1.82, 2.24) is 39.8 Å². The van der Waals surface area contributed by atoms with Gasteiger partial charge in [0.25, 0.3) is 11.8 Å². The summed E-state index contributed by atoms with van der Waals surface area (Å²) < 4.78 is 8.81. The number of rotatable bonds is 12. The molecule has 406 valence electrons. The van der Waals surface area contributed by atoms with Gasteiger partial charge in [-0.3, -0.25) is 19.2 Å². The molecule has 2 aliphatic heterocycles. The van der Waals surface area contributed by atoms with Gasteiger partial charge in [-0.05, 0) is 207 Å². The van der Waals surface area contributed by atoms with Crippen LogP contribution in [0.25, 0.3) is 22.1 Å². The summed E-state index contributed by atoms with van der Waals surface area (Å²) in [4.78, 5) is 55.3. The van der Waals surface area contributed by atoms with Crippen LogP contribution in [0.1, 0.15) is 156 Å². The Balaban J connectivity index is 0.000000203. The van der Waals surface area contributed by atoms with Crippen molar-refractivity contribution < 1.29 is 29.0 Å². The lowest BCUT2D eigenvalue weighted by Crippen LogP contribution is -2.36. The minimum atomic E-state index is -0.855. The number of carbonyl (C=O) groups is 4. The Hall–Kier alpha value is -8.00. The van der Waals surface area contributed by atoms with Crippen LogP contribution in [0.4, 0.5) is 0 Å². The van der Waals surface area contributed by atoms with Crippen molar-refractivity contribution in [2.75, 3.05) is 20.2 Å². The number of carbonyl (C=O) groups excluding carboxylic acids is 3. The molecular formula is C64H74N8O6. The van der Waals surface area contributed by atoms with Crippen molar-refractivity contribution in [3.05, 3.63) is 185 Å². The van der Waals surface area contributed by atoms with E-state index in [9.17, 15) is 24.3 Å². The van der Waals surface area contributed by atoms with Crippen LogP contribution < -0.4 is 0 Å². The van der Waals surface area contributed by atoms with Gasteiger partial charge in [-0.15, -0.1) is 10.2 Å². The second kappa shape index (κ2) is 23.3. The number of benzene rings is 6. The minimum absolute atomic E-state index is 0. The number of hydrogen-bond donors (Lipinski definition) is 1. The maximum Gasteiger partial charge on any atom is 0.306 e. The predicted octanol–water partition coefficient (Wildman–Crippen LogP) is 11.7. The molecule has 14 nitrogen and oxygen atoms in total. The molecule has 2 atom stereocenters. The number of esters is 1. The Labute approximate surface area is 458 Å². The summed E-state index contributed by atoms with van der Waals surface area (Å²) in [6.07, 6.45) is 1.77. The first kappa shape index (κ1) is 56.2. The van der Waals surface area contributed by atoms with E-state index in [2.05, 4.69) is 84.7 Å². The fraction of sp³-hybridized carbons (Fsp3) is 0.375. The third-order valence-corrected chi connectivity index (χ3v) is 16.5. The molecule has 6 aromatic carbocycles. The average molecular weight is 1050 g/mol. The molecule has 0 bridgehead atoms. The van der Waals surface area contributed by atoms with E-state index in [0.29, 0.717) is 26.2 Å². The monoisotopic (exact) mass is 1050 g/mol. The number of amides is 2. The second-order valence-electron chi connectivity index (χ2n) is 21.1. The number of fused-ring (bicyclic) bond motifs is 4. The average Bonchev–Trinajstić information content (AvgIpc) is 4.07. The van der Waals surface area contributed by atoms with Gasteiger partial charge < -0.3 is 19.6 Å². The smallest absolute Gasteiger partial charge is 0.306 e. The molecule has 10 rings (SSSR count). The zero-order chi connectivity index (χ0) is 55.0. The summed E-state index contributed by atoms with van der Waals surface area (Å²) in [6.45, 7) is 24.3. The number of methoxy groups -OCH3 is 1. The summed E-state index contributed by atoms with van der Waals surface area (Å²) in [6, 6.07) is 28.7. The molecule has 0 spiro atoms. The van der Waals surface area contributed by atoms with Crippen LogP contribution in [0.5, 0.6) is 0 Å². The molecule has 78 heavy (non-hydrogen) atoms. The maximum absolute atomic E-state index is 13.5. The number of ether oxygens (including phenoxy) is 1. The molecule has 2 amide bonds. The van der Waals surface area contributed by atoms with Crippen LogP contribution in [-0.2, 0) is 53.3 Å². The zero-order valence-electron chi connectivity index (χ0n) is 46.4. The van der Waals surface area contributed by atoms with Gasteiger partial charge in [-0.25, -0.2) is 9.36 Å². The van der Waals surface area contributed by atoms with Crippen LogP contribution in [0.3, 0.4) is 0 Å². The van der Waals surface area contributed by atoms with Crippen molar-refractivity contribution in [1.29, 1.82) is 0 Å². The highest BCUT2D eigenvalue weighted by molar-refractivity contribution is 5.96. The second-order valence-corrected chi connectivity index (χ2v) is 21.1. The number of aryl methyl sites for hydroxylation is 8. The maximum atomic E-state index is 13.5. The van der Waals surface area contributed by atoms with E-state index in [0.717, 1.165) is 126 Å². The first-order valence-corrected chi connectivity index (χ1v) is 26.8. The first-order valence-electron chi connectivity index (χ1n) is 26.8. The molecule has 0 fully saturated rings. The number of carboxylic acid groups (broad SMARTS) is 1. The molecule has 0 radical (unpaired) electrons. The summed E-state index contributed by atoms with van der Waals surface area (Å²) in [5.41, 5.74) is 22.6. The molecule has 14 heteroatoms. The Morgan fingerprint density at radius 3 is 1.31 bits per heavy atom. The van der Waals surface area contributed by atoms with E-state index in [4.69, 9.17) is 4.74 Å². The molecule has 0 saturated carbocycles.